The maximum Gasteiger partial charge on any atom is 0.321 e. The van der Waals surface area contributed by atoms with Crippen LogP contribution in [0.5, 0.6) is 0 Å². The monoisotopic (exact) mass is 234 g/mol. The molecule has 0 aliphatic rings. The van der Waals surface area contributed by atoms with Gasteiger partial charge in [-0.2, -0.15) is 0 Å². The lowest BCUT2D eigenvalue weighted by atomic mass is 10.1. The van der Waals surface area contributed by atoms with E-state index in [9.17, 15) is 9.59 Å². The highest BCUT2D eigenvalue weighted by atomic mass is 32.2. The Morgan fingerprint density at radius 1 is 1.53 bits per heavy atom. The topological polar surface area (TPSA) is 92.4 Å². The average Bonchev–Trinajstić information content (AvgIpc) is 2.14. The summed E-state index contributed by atoms with van der Waals surface area (Å²) in [5, 5.41) is 11.4. The van der Waals surface area contributed by atoms with Gasteiger partial charge in [0.1, 0.15) is 6.04 Å². The fourth-order valence-corrected chi connectivity index (χ4v) is 1.77. The second-order valence-electron chi connectivity index (χ2n) is 3.66. The van der Waals surface area contributed by atoms with Gasteiger partial charge in [-0.1, -0.05) is 0 Å². The molecular weight excluding hydrogens is 216 g/mol. The largest absolute Gasteiger partial charge is 0.480 e. The van der Waals surface area contributed by atoms with Crippen LogP contribution in [0.1, 0.15) is 20.8 Å². The Bertz CT molecular complexity index is 244. The van der Waals surface area contributed by atoms with E-state index in [2.05, 4.69) is 5.32 Å². The molecule has 0 aromatic rings. The Labute approximate surface area is 93.8 Å². The lowest BCUT2D eigenvalue weighted by Gasteiger charge is -2.27. The van der Waals surface area contributed by atoms with Crippen molar-refractivity contribution in [2.75, 3.05) is 12.3 Å². The molecule has 1 amide bonds. The van der Waals surface area contributed by atoms with E-state index in [0.717, 1.165) is 0 Å². The summed E-state index contributed by atoms with van der Waals surface area (Å²) >= 11 is 1.25. The fraction of sp³-hybridized carbons (Fsp3) is 0.778. The molecule has 0 rings (SSSR count). The molecule has 0 aromatic heterocycles. The first kappa shape index (κ1) is 14.2. The van der Waals surface area contributed by atoms with Crippen molar-refractivity contribution in [3.05, 3.63) is 0 Å². The van der Waals surface area contributed by atoms with Gasteiger partial charge in [-0.25, -0.2) is 0 Å². The molecule has 0 saturated carbocycles. The normalized spacial score (nSPS) is 13.3. The van der Waals surface area contributed by atoms with Crippen LogP contribution in [-0.4, -0.2) is 40.1 Å². The molecular formula is C9H18N2O3S. The van der Waals surface area contributed by atoms with Gasteiger partial charge in [-0.05, 0) is 20.8 Å². The predicted molar refractivity (Wildman–Crippen MR) is 60.8 cm³/mol. The zero-order valence-electron chi connectivity index (χ0n) is 9.24. The van der Waals surface area contributed by atoms with Crippen molar-refractivity contribution in [3.8, 4) is 0 Å². The first-order chi connectivity index (χ1) is 6.81. The highest BCUT2D eigenvalue weighted by Crippen LogP contribution is 2.27. The number of hydrogen-bond acceptors (Lipinski definition) is 4. The molecule has 0 unspecified atom stereocenters. The maximum absolute atomic E-state index is 11.2. The van der Waals surface area contributed by atoms with Gasteiger partial charge in [0.05, 0.1) is 5.75 Å². The summed E-state index contributed by atoms with van der Waals surface area (Å²) in [6.07, 6.45) is 0. The number of amides is 1. The summed E-state index contributed by atoms with van der Waals surface area (Å²) in [5.74, 6) is -0.932. The quantitative estimate of drug-likeness (QED) is 0.603. The molecule has 0 radical (unpaired) electrons. The minimum atomic E-state index is -1.05. The van der Waals surface area contributed by atoms with Crippen LogP contribution in [0, 0.1) is 0 Å². The number of carbonyl (C=O) groups excluding carboxylic acids is 1. The highest BCUT2D eigenvalue weighted by Gasteiger charge is 2.32. The van der Waals surface area contributed by atoms with Crippen LogP contribution in [-0.2, 0) is 9.59 Å². The summed E-state index contributed by atoms with van der Waals surface area (Å²) in [5.41, 5.74) is 5.50. The third-order valence-electron chi connectivity index (χ3n) is 1.96. The molecule has 0 fully saturated rings. The second kappa shape index (κ2) is 5.97. The Morgan fingerprint density at radius 3 is 2.47 bits per heavy atom. The first-order valence-electron chi connectivity index (χ1n) is 4.70. The highest BCUT2D eigenvalue weighted by molar-refractivity contribution is 8.01. The van der Waals surface area contributed by atoms with Crippen LogP contribution >= 0.6 is 11.8 Å². The maximum atomic E-state index is 11.2. The number of carbonyl (C=O) groups is 2. The van der Waals surface area contributed by atoms with Gasteiger partial charge in [0.25, 0.3) is 0 Å². The molecule has 4 N–H and O–H groups in total. The standard InChI is InChI=1S/C9H18N2O3S/c1-4-11-6(12)5-15-9(2,3)7(10)8(13)14/h7H,4-5,10H2,1-3H3,(H,11,12)(H,13,14)/t7-/m0/s1. The first-order valence-corrected chi connectivity index (χ1v) is 5.69. The van der Waals surface area contributed by atoms with Crippen molar-refractivity contribution in [1.82, 2.24) is 5.32 Å². The van der Waals surface area contributed by atoms with Crippen LogP contribution in [0.25, 0.3) is 0 Å². The van der Waals surface area contributed by atoms with Crippen LogP contribution in [0.15, 0.2) is 0 Å². The molecule has 6 heteroatoms. The molecule has 0 aliphatic carbocycles. The summed E-state index contributed by atoms with van der Waals surface area (Å²) in [4.78, 5) is 21.8. The van der Waals surface area contributed by atoms with Crippen molar-refractivity contribution in [1.29, 1.82) is 0 Å². The molecule has 1 atom stereocenters. The lowest BCUT2D eigenvalue weighted by molar-refractivity contribution is -0.139. The van der Waals surface area contributed by atoms with Gasteiger partial charge in [-0.15, -0.1) is 11.8 Å². The van der Waals surface area contributed by atoms with Crippen LogP contribution < -0.4 is 11.1 Å². The number of rotatable bonds is 6. The SMILES string of the molecule is CCNC(=O)CSC(C)(C)[C@@H](N)C(=O)O. The van der Waals surface area contributed by atoms with E-state index in [0.29, 0.717) is 6.54 Å². The van der Waals surface area contributed by atoms with Gasteiger partial charge < -0.3 is 16.2 Å². The molecule has 0 saturated heterocycles. The minimum absolute atomic E-state index is 0.104. The number of hydrogen-bond donors (Lipinski definition) is 3. The van der Waals surface area contributed by atoms with E-state index in [1.807, 2.05) is 6.92 Å². The van der Waals surface area contributed by atoms with E-state index < -0.39 is 16.8 Å². The molecule has 0 aliphatic heterocycles. The number of carboxylic acids is 1. The Morgan fingerprint density at radius 2 is 2.07 bits per heavy atom. The van der Waals surface area contributed by atoms with Crippen molar-refractivity contribution in [3.63, 3.8) is 0 Å². The predicted octanol–water partition coefficient (Wildman–Crippen LogP) is 0.0462. The number of carboxylic acid groups (broad SMARTS) is 1. The Hall–Kier alpha value is -0.750. The number of nitrogens with two attached hydrogens (primary N) is 1. The van der Waals surface area contributed by atoms with Crippen molar-refractivity contribution in [2.45, 2.75) is 31.6 Å². The van der Waals surface area contributed by atoms with Gasteiger partial charge in [-0.3, -0.25) is 9.59 Å². The van der Waals surface area contributed by atoms with Crippen LogP contribution in [0.3, 0.4) is 0 Å². The second-order valence-corrected chi connectivity index (χ2v) is 5.29. The minimum Gasteiger partial charge on any atom is -0.480 e. The van der Waals surface area contributed by atoms with Crippen molar-refractivity contribution in [2.24, 2.45) is 5.73 Å². The van der Waals surface area contributed by atoms with E-state index in [1.54, 1.807) is 13.8 Å². The Balaban J connectivity index is 4.14. The zero-order valence-corrected chi connectivity index (χ0v) is 10.1. The van der Waals surface area contributed by atoms with E-state index >= 15 is 0 Å². The fourth-order valence-electron chi connectivity index (χ4n) is 0.887. The van der Waals surface area contributed by atoms with Crippen LogP contribution in [0.4, 0.5) is 0 Å². The number of aliphatic carboxylic acids is 1. The summed E-state index contributed by atoms with van der Waals surface area (Å²) in [6.45, 7) is 5.84. The number of nitrogens with one attached hydrogen (secondary N) is 1. The summed E-state index contributed by atoms with van der Waals surface area (Å²) in [6, 6.07) is -0.975. The smallest absolute Gasteiger partial charge is 0.321 e. The number of thioether (sulfide) groups is 1. The van der Waals surface area contributed by atoms with Crippen LogP contribution in [0.2, 0.25) is 0 Å². The molecule has 0 spiro atoms. The average molecular weight is 234 g/mol. The zero-order chi connectivity index (χ0) is 12.1. The summed E-state index contributed by atoms with van der Waals surface area (Å²) in [7, 11) is 0. The molecule has 0 heterocycles. The molecule has 5 nitrogen and oxygen atoms in total. The third-order valence-corrected chi connectivity index (χ3v) is 3.37. The molecule has 0 bridgehead atoms. The lowest BCUT2D eigenvalue weighted by Crippen LogP contribution is -2.47. The summed E-state index contributed by atoms with van der Waals surface area (Å²) < 4.78 is -0.656. The van der Waals surface area contributed by atoms with Gasteiger partial charge in [0, 0.05) is 11.3 Å². The van der Waals surface area contributed by atoms with Crippen molar-refractivity contribution < 1.29 is 14.7 Å². The van der Waals surface area contributed by atoms with Gasteiger partial charge >= 0.3 is 5.97 Å². The van der Waals surface area contributed by atoms with Gasteiger partial charge in [0.15, 0.2) is 0 Å². The molecule has 15 heavy (non-hydrogen) atoms. The third kappa shape index (κ3) is 5.03. The molecule has 0 aromatic carbocycles. The van der Waals surface area contributed by atoms with E-state index in [4.69, 9.17) is 10.8 Å². The Kier molecular flexibility index (Phi) is 5.67. The van der Waals surface area contributed by atoms with E-state index in [-0.39, 0.29) is 11.7 Å². The molecule has 88 valence electrons. The van der Waals surface area contributed by atoms with Gasteiger partial charge in [0.2, 0.25) is 5.91 Å². The van der Waals surface area contributed by atoms with Crippen molar-refractivity contribution >= 4 is 23.6 Å². The van der Waals surface area contributed by atoms with E-state index in [1.165, 1.54) is 11.8 Å².